The van der Waals surface area contributed by atoms with Crippen molar-refractivity contribution in [1.29, 1.82) is 0 Å². The van der Waals surface area contributed by atoms with Crippen LogP contribution in [0.15, 0.2) is 54.7 Å². The van der Waals surface area contributed by atoms with Crippen LogP contribution in [-0.4, -0.2) is 24.2 Å². The van der Waals surface area contributed by atoms with Crippen LogP contribution < -0.4 is 9.47 Å². The summed E-state index contributed by atoms with van der Waals surface area (Å²) in [6.45, 7) is 4.79. The molecule has 35 heavy (non-hydrogen) atoms. The van der Waals surface area contributed by atoms with Crippen molar-refractivity contribution in [3.8, 4) is 17.4 Å². The number of rotatable bonds is 11. The van der Waals surface area contributed by atoms with Gasteiger partial charge in [0.15, 0.2) is 5.75 Å². The number of hydrogen-bond donors (Lipinski definition) is 0. The van der Waals surface area contributed by atoms with Crippen molar-refractivity contribution in [2.45, 2.75) is 33.1 Å². The van der Waals surface area contributed by atoms with Gasteiger partial charge >= 0.3 is 5.97 Å². The lowest BCUT2D eigenvalue weighted by molar-refractivity contribution is -0.137. The van der Waals surface area contributed by atoms with Crippen molar-refractivity contribution in [3.63, 3.8) is 0 Å². The summed E-state index contributed by atoms with van der Waals surface area (Å²) < 4.78 is 16.8. The molecule has 5 nitrogen and oxygen atoms in total. The maximum absolute atomic E-state index is 11.8. The summed E-state index contributed by atoms with van der Waals surface area (Å²) in [6, 6.07) is 12.6. The highest BCUT2D eigenvalue weighted by Crippen LogP contribution is 2.34. The Morgan fingerprint density at radius 1 is 1.00 bits per heavy atom. The number of hydrogen-bond acceptors (Lipinski definition) is 5. The van der Waals surface area contributed by atoms with Gasteiger partial charge in [-0.25, -0.2) is 9.78 Å². The average Bonchev–Trinajstić information content (AvgIpc) is 2.83. The molecule has 0 saturated heterocycles. The summed E-state index contributed by atoms with van der Waals surface area (Å²) >= 11 is 18.4. The molecule has 0 atom stereocenters. The topological polar surface area (TPSA) is 57.7 Å². The molecule has 0 aliphatic carbocycles. The zero-order valence-corrected chi connectivity index (χ0v) is 21.8. The van der Waals surface area contributed by atoms with Gasteiger partial charge < -0.3 is 14.2 Å². The van der Waals surface area contributed by atoms with Gasteiger partial charge in [-0.1, -0.05) is 54.2 Å². The third-order valence-corrected chi connectivity index (χ3v) is 5.98. The molecule has 3 aromatic rings. The standard InChI is InChI=1S/C27H26Cl3NO4/c1-3-4-12-34-26(32)10-6-20-14-18(2)27(24(30)16-20)35-25-9-7-21(17-31-25)33-13-11-19-5-8-22(28)23(29)15-19/h5-10,14-17H,3-4,11-13H2,1-2H3. The van der Waals surface area contributed by atoms with Crippen molar-refractivity contribution in [1.82, 2.24) is 4.98 Å². The second kappa shape index (κ2) is 13.4. The van der Waals surface area contributed by atoms with Gasteiger partial charge in [0, 0.05) is 18.6 Å². The number of esters is 1. The number of carbonyl (C=O) groups is 1. The van der Waals surface area contributed by atoms with Crippen molar-refractivity contribution >= 4 is 46.8 Å². The van der Waals surface area contributed by atoms with Crippen molar-refractivity contribution in [3.05, 3.63) is 86.5 Å². The minimum atomic E-state index is -0.379. The van der Waals surface area contributed by atoms with Crippen LogP contribution >= 0.6 is 34.8 Å². The van der Waals surface area contributed by atoms with Crippen LogP contribution in [0.25, 0.3) is 6.08 Å². The number of aryl methyl sites for hydroxylation is 1. The third kappa shape index (κ3) is 8.46. The van der Waals surface area contributed by atoms with Crippen molar-refractivity contribution in [2.24, 2.45) is 0 Å². The van der Waals surface area contributed by atoms with E-state index in [4.69, 9.17) is 49.0 Å². The van der Waals surface area contributed by atoms with Crippen LogP contribution in [0.4, 0.5) is 0 Å². The van der Waals surface area contributed by atoms with E-state index in [0.29, 0.717) is 52.1 Å². The molecule has 0 radical (unpaired) electrons. The Balaban J connectivity index is 1.55. The van der Waals surface area contributed by atoms with Crippen LogP contribution in [0.1, 0.15) is 36.5 Å². The lowest BCUT2D eigenvalue weighted by atomic mass is 10.1. The first kappa shape index (κ1) is 26.9. The Bertz CT molecular complexity index is 1160. The molecule has 0 fully saturated rings. The number of aromatic nitrogens is 1. The number of unbranched alkanes of at least 4 members (excludes halogenated alkanes) is 1. The summed E-state index contributed by atoms with van der Waals surface area (Å²) in [5, 5.41) is 1.46. The van der Waals surface area contributed by atoms with Gasteiger partial charge in [-0.2, -0.15) is 0 Å². The van der Waals surface area contributed by atoms with E-state index in [9.17, 15) is 4.79 Å². The second-order valence-corrected chi connectivity index (χ2v) is 9.01. The van der Waals surface area contributed by atoms with E-state index < -0.39 is 0 Å². The van der Waals surface area contributed by atoms with Gasteiger partial charge in [0.25, 0.3) is 0 Å². The molecule has 0 aliphatic heterocycles. The highest BCUT2D eigenvalue weighted by Gasteiger charge is 2.10. The van der Waals surface area contributed by atoms with Crippen molar-refractivity contribution < 1.29 is 19.0 Å². The number of halogens is 3. The van der Waals surface area contributed by atoms with Gasteiger partial charge in [0.1, 0.15) is 5.75 Å². The van der Waals surface area contributed by atoms with Gasteiger partial charge in [-0.05, 0) is 66.4 Å². The molecule has 0 amide bonds. The molecule has 0 unspecified atom stereocenters. The Morgan fingerprint density at radius 3 is 2.51 bits per heavy atom. The highest BCUT2D eigenvalue weighted by atomic mass is 35.5. The Labute approximate surface area is 220 Å². The molecule has 1 heterocycles. The molecule has 0 spiro atoms. The summed E-state index contributed by atoms with van der Waals surface area (Å²) in [7, 11) is 0. The molecule has 2 aromatic carbocycles. The monoisotopic (exact) mass is 533 g/mol. The maximum atomic E-state index is 11.8. The molecule has 0 N–H and O–H groups in total. The fourth-order valence-corrected chi connectivity index (χ4v) is 3.75. The van der Waals surface area contributed by atoms with Crippen LogP contribution in [0.2, 0.25) is 15.1 Å². The zero-order valence-electron chi connectivity index (χ0n) is 19.5. The molecule has 8 heteroatoms. The summed E-state index contributed by atoms with van der Waals surface area (Å²) in [5.74, 6) is 1.12. The quantitative estimate of drug-likeness (QED) is 0.141. The summed E-state index contributed by atoms with van der Waals surface area (Å²) in [5.41, 5.74) is 2.61. The first-order valence-corrected chi connectivity index (χ1v) is 12.3. The van der Waals surface area contributed by atoms with E-state index in [1.165, 1.54) is 6.08 Å². The SMILES string of the molecule is CCCCOC(=O)C=Cc1cc(C)c(Oc2ccc(OCCc3ccc(Cl)c(Cl)c3)cn2)c(Cl)c1. The largest absolute Gasteiger partial charge is 0.492 e. The smallest absolute Gasteiger partial charge is 0.330 e. The van der Waals surface area contributed by atoms with Crippen LogP contribution in [0, 0.1) is 6.92 Å². The summed E-state index contributed by atoms with van der Waals surface area (Å²) in [4.78, 5) is 16.1. The first-order chi connectivity index (χ1) is 16.9. The van der Waals surface area contributed by atoms with E-state index in [1.54, 1.807) is 36.5 Å². The van der Waals surface area contributed by atoms with Crippen LogP contribution in [-0.2, 0) is 16.0 Å². The van der Waals surface area contributed by atoms with E-state index in [1.807, 2.05) is 32.0 Å². The fourth-order valence-electron chi connectivity index (χ4n) is 3.11. The van der Waals surface area contributed by atoms with E-state index >= 15 is 0 Å². The highest BCUT2D eigenvalue weighted by molar-refractivity contribution is 6.42. The maximum Gasteiger partial charge on any atom is 0.330 e. The number of ether oxygens (including phenoxy) is 3. The molecule has 0 aliphatic rings. The molecular formula is C27H26Cl3NO4. The second-order valence-electron chi connectivity index (χ2n) is 7.78. The normalized spacial score (nSPS) is 11.0. The van der Waals surface area contributed by atoms with E-state index in [2.05, 4.69) is 4.98 Å². The molecule has 184 valence electrons. The Hall–Kier alpha value is -2.73. The predicted molar refractivity (Wildman–Crippen MR) is 141 cm³/mol. The van der Waals surface area contributed by atoms with E-state index in [0.717, 1.165) is 29.5 Å². The number of nitrogens with zero attached hydrogens (tertiary/aromatic N) is 1. The first-order valence-electron chi connectivity index (χ1n) is 11.2. The lowest BCUT2D eigenvalue weighted by Gasteiger charge is -2.12. The van der Waals surface area contributed by atoms with Gasteiger partial charge in [0.05, 0.1) is 34.5 Å². The molecule has 1 aromatic heterocycles. The zero-order chi connectivity index (χ0) is 25.2. The molecule has 0 saturated carbocycles. The minimum absolute atomic E-state index is 0.379. The molecule has 3 rings (SSSR count). The molecular weight excluding hydrogens is 509 g/mol. The van der Waals surface area contributed by atoms with Crippen LogP contribution in [0.3, 0.4) is 0 Å². The third-order valence-electron chi connectivity index (χ3n) is 4.97. The van der Waals surface area contributed by atoms with Crippen molar-refractivity contribution in [2.75, 3.05) is 13.2 Å². The number of benzene rings is 2. The van der Waals surface area contributed by atoms with Crippen LogP contribution in [0.5, 0.6) is 17.4 Å². The van der Waals surface area contributed by atoms with E-state index in [-0.39, 0.29) is 5.97 Å². The van der Waals surface area contributed by atoms with Gasteiger partial charge in [-0.3, -0.25) is 0 Å². The van der Waals surface area contributed by atoms with Gasteiger partial charge in [-0.15, -0.1) is 0 Å². The summed E-state index contributed by atoms with van der Waals surface area (Å²) in [6.07, 6.45) is 7.15. The fraction of sp³-hybridized carbons (Fsp3) is 0.259. The predicted octanol–water partition coefficient (Wildman–Crippen LogP) is 8.12. The lowest BCUT2D eigenvalue weighted by Crippen LogP contribution is -2.02. The van der Waals surface area contributed by atoms with Gasteiger partial charge in [0.2, 0.25) is 5.88 Å². The molecule has 0 bridgehead atoms. The Morgan fingerprint density at radius 2 is 1.83 bits per heavy atom. The average molecular weight is 535 g/mol. The minimum Gasteiger partial charge on any atom is -0.492 e. The number of pyridine rings is 1. The Kier molecular flexibility index (Phi) is 10.3. The number of carbonyl (C=O) groups excluding carboxylic acids is 1.